The van der Waals surface area contributed by atoms with Crippen LogP contribution in [0.2, 0.25) is 0 Å². The first-order chi connectivity index (χ1) is 8.22. The minimum Gasteiger partial charge on any atom is -0.338 e. The van der Waals surface area contributed by atoms with Crippen LogP contribution in [0.1, 0.15) is 28.9 Å². The van der Waals surface area contributed by atoms with Crippen molar-refractivity contribution in [2.75, 3.05) is 12.4 Å². The largest absolute Gasteiger partial charge is 0.338 e. The maximum atomic E-state index is 12.0. The van der Waals surface area contributed by atoms with E-state index in [1.165, 1.54) is 11.3 Å². The van der Waals surface area contributed by atoms with Crippen molar-refractivity contribution in [2.45, 2.75) is 25.3 Å². The van der Waals surface area contributed by atoms with Gasteiger partial charge in [0.25, 0.3) is 0 Å². The molecule has 5 heteroatoms. The van der Waals surface area contributed by atoms with Crippen LogP contribution in [0.25, 0.3) is 0 Å². The molecule has 1 aliphatic rings. The van der Waals surface area contributed by atoms with Crippen molar-refractivity contribution >= 4 is 34.6 Å². The van der Waals surface area contributed by atoms with Gasteiger partial charge in [0.05, 0.1) is 4.88 Å². The maximum Gasteiger partial charge on any atom is 0.237 e. The van der Waals surface area contributed by atoms with Crippen molar-refractivity contribution < 1.29 is 9.59 Å². The molecule has 0 bridgehead atoms. The highest BCUT2D eigenvalue weighted by molar-refractivity contribution is 7.12. The molecule has 1 saturated heterocycles. The first-order valence-electron chi connectivity index (χ1n) is 5.64. The number of likely N-dealkylation sites (tertiary alicyclic amines) is 1. The zero-order valence-corrected chi connectivity index (χ0v) is 11.0. The van der Waals surface area contributed by atoms with Crippen LogP contribution in [0.3, 0.4) is 0 Å². The van der Waals surface area contributed by atoms with E-state index < -0.39 is 0 Å². The second-order valence-corrected chi connectivity index (χ2v) is 5.34. The highest BCUT2D eigenvalue weighted by Gasteiger charge is 2.30. The molecule has 0 radical (unpaired) electrons. The van der Waals surface area contributed by atoms with Gasteiger partial charge in [0.2, 0.25) is 5.91 Å². The molecule has 92 valence electrons. The van der Waals surface area contributed by atoms with E-state index in [1.54, 1.807) is 4.90 Å². The molecule has 2 heterocycles. The Morgan fingerprint density at radius 2 is 2.35 bits per heavy atom. The predicted molar refractivity (Wildman–Crippen MR) is 68.7 cm³/mol. The Morgan fingerprint density at radius 1 is 1.53 bits per heavy atom. The van der Waals surface area contributed by atoms with Gasteiger partial charge in [-0.1, -0.05) is 6.07 Å². The summed E-state index contributed by atoms with van der Waals surface area (Å²) in [4.78, 5) is 26.1. The summed E-state index contributed by atoms with van der Waals surface area (Å²) in [7, 11) is 0. The number of amides is 1. The summed E-state index contributed by atoms with van der Waals surface area (Å²) < 4.78 is 0. The van der Waals surface area contributed by atoms with E-state index in [1.807, 2.05) is 17.5 Å². The summed E-state index contributed by atoms with van der Waals surface area (Å²) in [5, 5.41) is 1.89. The number of Topliss-reactive ketones (excluding diaryl/α,β-unsaturated/α-hetero) is 1. The van der Waals surface area contributed by atoms with Crippen molar-refractivity contribution in [2.24, 2.45) is 0 Å². The van der Waals surface area contributed by atoms with Gasteiger partial charge >= 0.3 is 0 Å². The SMILES string of the molecule is O=C(CC1CCCN1C(=O)CCl)c1cccs1. The third-order valence-electron chi connectivity index (χ3n) is 3.03. The Labute approximate surface area is 109 Å². The molecule has 3 nitrogen and oxygen atoms in total. The minimum absolute atomic E-state index is 0.00366. The number of alkyl halides is 1. The molecular formula is C12H14ClNO2S. The van der Waals surface area contributed by atoms with Gasteiger partial charge in [-0.15, -0.1) is 22.9 Å². The fraction of sp³-hybridized carbons (Fsp3) is 0.500. The molecule has 1 aliphatic heterocycles. The van der Waals surface area contributed by atoms with Crippen LogP contribution < -0.4 is 0 Å². The van der Waals surface area contributed by atoms with Gasteiger partial charge in [0, 0.05) is 19.0 Å². The van der Waals surface area contributed by atoms with Crippen LogP contribution in [-0.4, -0.2) is 35.1 Å². The predicted octanol–water partition coefficient (Wildman–Crippen LogP) is 2.55. The third-order valence-corrected chi connectivity index (χ3v) is 4.17. The van der Waals surface area contributed by atoms with E-state index in [0.29, 0.717) is 6.42 Å². The molecule has 1 amide bonds. The van der Waals surface area contributed by atoms with Crippen LogP contribution >= 0.6 is 22.9 Å². The lowest BCUT2D eigenvalue weighted by Crippen LogP contribution is -2.37. The van der Waals surface area contributed by atoms with Gasteiger partial charge in [-0.25, -0.2) is 0 Å². The number of thiophene rings is 1. The highest BCUT2D eigenvalue weighted by Crippen LogP contribution is 2.23. The monoisotopic (exact) mass is 271 g/mol. The van der Waals surface area contributed by atoms with E-state index in [2.05, 4.69) is 0 Å². The highest BCUT2D eigenvalue weighted by atomic mass is 35.5. The standard InChI is InChI=1S/C12H14ClNO2S/c13-8-12(16)14-5-1-3-9(14)7-10(15)11-4-2-6-17-11/h2,4,6,9H,1,3,5,7-8H2. The van der Waals surface area contributed by atoms with Crippen LogP contribution in [-0.2, 0) is 4.79 Å². The number of nitrogens with zero attached hydrogens (tertiary/aromatic N) is 1. The molecule has 17 heavy (non-hydrogen) atoms. The summed E-state index contributed by atoms with van der Waals surface area (Å²) in [5.74, 6) is 0.0661. The number of rotatable bonds is 4. The van der Waals surface area contributed by atoms with Crippen molar-refractivity contribution in [1.29, 1.82) is 0 Å². The lowest BCUT2D eigenvalue weighted by Gasteiger charge is -2.23. The molecule has 0 spiro atoms. The van der Waals surface area contributed by atoms with E-state index in [4.69, 9.17) is 11.6 Å². The average molecular weight is 272 g/mol. The first kappa shape index (κ1) is 12.6. The number of carbonyl (C=O) groups is 2. The second-order valence-electron chi connectivity index (χ2n) is 4.12. The van der Waals surface area contributed by atoms with Crippen molar-refractivity contribution in [3.8, 4) is 0 Å². The molecule has 0 N–H and O–H groups in total. The lowest BCUT2D eigenvalue weighted by atomic mass is 10.1. The number of hydrogen-bond acceptors (Lipinski definition) is 3. The van der Waals surface area contributed by atoms with Crippen molar-refractivity contribution in [3.63, 3.8) is 0 Å². The molecule has 0 aromatic carbocycles. The average Bonchev–Trinajstić information content (AvgIpc) is 2.98. The molecule has 1 unspecified atom stereocenters. The fourth-order valence-electron chi connectivity index (χ4n) is 2.20. The molecular weight excluding hydrogens is 258 g/mol. The molecule has 0 aliphatic carbocycles. The lowest BCUT2D eigenvalue weighted by molar-refractivity contribution is -0.129. The number of halogens is 1. The summed E-state index contributed by atoms with van der Waals surface area (Å²) in [6.45, 7) is 0.730. The van der Waals surface area contributed by atoms with Gasteiger partial charge in [-0.2, -0.15) is 0 Å². The van der Waals surface area contributed by atoms with E-state index >= 15 is 0 Å². The van der Waals surface area contributed by atoms with Gasteiger partial charge < -0.3 is 4.90 Å². The summed E-state index contributed by atoms with van der Waals surface area (Å²) >= 11 is 7.01. The maximum absolute atomic E-state index is 12.0. The normalized spacial score (nSPS) is 19.6. The van der Waals surface area contributed by atoms with Crippen LogP contribution in [0.15, 0.2) is 17.5 Å². The minimum atomic E-state index is -0.0619. The molecule has 1 aromatic heterocycles. The molecule has 1 fully saturated rings. The number of ketones is 1. The summed E-state index contributed by atoms with van der Waals surface area (Å²) in [6, 6.07) is 3.74. The topological polar surface area (TPSA) is 37.4 Å². The Morgan fingerprint density at radius 3 is 3.00 bits per heavy atom. The van der Waals surface area contributed by atoms with Gasteiger partial charge in [0.15, 0.2) is 5.78 Å². The first-order valence-corrected chi connectivity index (χ1v) is 7.06. The zero-order chi connectivity index (χ0) is 12.3. The second kappa shape index (κ2) is 5.65. The fourth-order valence-corrected chi connectivity index (χ4v) is 3.03. The van der Waals surface area contributed by atoms with E-state index in [-0.39, 0.29) is 23.6 Å². The zero-order valence-electron chi connectivity index (χ0n) is 9.39. The smallest absolute Gasteiger partial charge is 0.237 e. The van der Waals surface area contributed by atoms with Crippen LogP contribution in [0.4, 0.5) is 0 Å². The third kappa shape index (κ3) is 2.87. The van der Waals surface area contributed by atoms with E-state index in [9.17, 15) is 9.59 Å². The van der Waals surface area contributed by atoms with Gasteiger partial charge in [-0.3, -0.25) is 9.59 Å². The molecule has 1 atom stereocenters. The molecule has 0 saturated carbocycles. The Hall–Kier alpha value is -0.870. The molecule has 2 rings (SSSR count). The van der Waals surface area contributed by atoms with Crippen molar-refractivity contribution in [3.05, 3.63) is 22.4 Å². The Kier molecular flexibility index (Phi) is 4.18. The van der Waals surface area contributed by atoms with Crippen LogP contribution in [0.5, 0.6) is 0 Å². The van der Waals surface area contributed by atoms with Gasteiger partial charge in [0.1, 0.15) is 5.88 Å². The Balaban J connectivity index is 1.98. The quantitative estimate of drug-likeness (QED) is 0.623. The number of carbonyl (C=O) groups excluding carboxylic acids is 2. The summed E-state index contributed by atoms with van der Waals surface area (Å²) in [6.07, 6.45) is 2.29. The van der Waals surface area contributed by atoms with Crippen LogP contribution in [0, 0.1) is 0 Å². The van der Waals surface area contributed by atoms with Crippen molar-refractivity contribution in [1.82, 2.24) is 4.90 Å². The van der Waals surface area contributed by atoms with E-state index in [0.717, 1.165) is 24.3 Å². The van der Waals surface area contributed by atoms with Gasteiger partial charge in [-0.05, 0) is 24.3 Å². The number of hydrogen-bond donors (Lipinski definition) is 0. The Bertz CT molecular complexity index is 405. The molecule has 1 aromatic rings. The summed E-state index contributed by atoms with van der Waals surface area (Å²) in [5.41, 5.74) is 0.